The summed E-state index contributed by atoms with van der Waals surface area (Å²) in [4.78, 5) is 14.7. The number of para-hydroxylation sites is 1. The van der Waals surface area contributed by atoms with Crippen LogP contribution in [0, 0.1) is 5.82 Å². The monoisotopic (exact) mass is 404 g/mol. The van der Waals surface area contributed by atoms with Crippen LogP contribution in [0.4, 0.5) is 4.39 Å². The number of nitrogens with zero attached hydrogens (tertiary/aromatic N) is 4. The summed E-state index contributed by atoms with van der Waals surface area (Å²) >= 11 is 0. The third-order valence-electron chi connectivity index (χ3n) is 5.71. The third kappa shape index (κ3) is 3.58. The Morgan fingerprint density at radius 2 is 1.80 bits per heavy atom. The zero-order valence-corrected chi connectivity index (χ0v) is 16.4. The Bertz CT molecular complexity index is 1170. The van der Waals surface area contributed by atoms with Crippen molar-refractivity contribution in [1.82, 2.24) is 19.7 Å². The number of likely N-dealkylation sites (tertiary alicyclic amines) is 1. The van der Waals surface area contributed by atoms with Crippen molar-refractivity contribution in [3.8, 4) is 11.5 Å². The number of carbonyl (C=O) groups is 1. The number of amides is 1. The Morgan fingerprint density at radius 3 is 2.60 bits per heavy atom. The van der Waals surface area contributed by atoms with E-state index < -0.39 is 0 Å². The molecule has 0 saturated carbocycles. The number of piperidine rings is 1. The normalized spacial score (nSPS) is 15.0. The zero-order valence-electron chi connectivity index (χ0n) is 16.4. The number of fused-ring (bicyclic) bond motifs is 1. The molecule has 7 heteroatoms. The highest BCUT2D eigenvalue weighted by atomic mass is 19.1. The largest absolute Gasteiger partial charge is 0.420 e. The van der Waals surface area contributed by atoms with Gasteiger partial charge in [0, 0.05) is 36.3 Å². The van der Waals surface area contributed by atoms with Gasteiger partial charge in [0.25, 0.3) is 0 Å². The van der Waals surface area contributed by atoms with Crippen LogP contribution in [0.3, 0.4) is 0 Å². The first kappa shape index (κ1) is 18.5. The second-order valence-electron chi connectivity index (χ2n) is 7.61. The molecule has 1 amide bonds. The summed E-state index contributed by atoms with van der Waals surface area (Å²) in [5.74, 6) is 0.916. The highest BCUT2D eigenvalue weighted by Gasteiger charge is 2.27. The van der Waals surface area contributed by atoms with Crippen molar-refractivity contribution in [2.75, 3.05) is 13.1 Å². The van der Waals surface area contributed by atoms with Gasteiger partial charge in [-0.1, -0.05) is 18.2 Å². The maximum Gasteiger partial charge on any atom is 0.247 e. The van der Waals surface area contributed by atoms with E-state index in [0.717, 1.165) is 23.7 Å². The first-order valence-corrected chi connectivity index (χ1v) is 10.1. The Hall–Kier alpha value is -3.48. The van der Waals surface area contributed by atoms with Crippen LogP contribution < -0.4 is 0 Å². The number of benzene rings is 2. The number of carbonyl (C=O) groups excluding carboxylic acids is 1. The fraction of sp³-hybridized carbons (Fsp3) is 0.261. The molecule has 0 aliphatic carbocycles. The second-order valence-corrected chi connectivity index (χ2v) is 7.61. The molecule has 152 valence electrons. The molecule has 2 aromatic heterocycles. The van der Waals surface area contributed by atoms with E-state index in [9.17, 15) is 9.18 Å². The van der Waals surface area contributed by atoms with Crippen molar-refractivity contribution in [3.05, 3.63) is 72.5 Å². The lowest BCUT2D eigenvalue weighted by Gasteiger charge is -2.30. The van der Waals surface area contributed by atoms with E-state index >= 15 is 0 Å². The van der Waals surface area contributed by atoms with Crippen LogP contribution in [-0.4, -0.2) is 38.7 Å². The predicted molar refractivity (Wildman–Crippen MR) is 110 cm³/mol. The van der Waals surface area contributed by atoms with Gasteiger partial charge in [0.05, 0.1) is 0 Å². The molecule has 3 heterocycles. The Morgan fingerprint density at radius 1 is 1.03 bits per heavy atom. The van der Waals surface area contributed by atoms with Crippen molar-refractivity contribution in [2.24, 2.45) is 0 Å². The summed E-state index contributed by atoms with van der Waals surface area (Å²) in [6.45, 7) is 1.67. The SMILES string of the molecule is O=C(Cn1ccc2ccccc21)N1CCC(c2nnc(-c3ccc(F)cc3)o2)CC1. The molecule has 0 radical (unpaired) electrons. The minimum atomic E-state index is -0.302. The molecule has 2 aromatic carbocycles. The molecular formula is C23H21FN4O2. The second kappa shape index (κ2) is 7.74. The van der Waals surface area contributed by atoms with Gasteiger partial charge in [-0.3, -0.25) is 4.79 Å². The van der Waals surface area contributed by atoms with E-state index in [1.807, 2.05) is 46.0 Å². The van der Waals surface area contributed by atoms with Crippen molar-refractivity contribution in [1.29, 1.82) is 0 Å². The first-order chi connectivity index (χ1) is 14.7. The number of hydrogen-bond donors (Lipinski definition) is 0. The number of aromatic nitrogens is 3. The molecule has 0 bridgehead atoms. The maximum absolute atomic E-state index is 13.1. The topological polar surface area (TPSA) is 64.2 Å². The van der Waals surface area contributed by atoms with Crippen LogP contribution >= 0.6 is 0 Å². The highest BCUT2D eigenvalue weighted by Crippen LogP contribution is 2.29. The number of hydrogen-bond acceptors (Lipinski definition) is 4. The van der Waals surface area contributed by atoms with Gasteiger partial charge in [-0.2, -0.15) is 0 Å². The molecule has 30 heavy (non-hydrogen) atoms. The average Bonchev–Trinajstić information content (AvgIpc) is 3.42. The molecule has 1 aliphatic rings. The summed E-state index contributed by atoms with van der Waals surface area (Å²) < 4.78 is 20.9. The van der Waals surface area contributed by atoms with E-state index in [2.05, 4.69) is 10.2 Å². The van der Waals surface area contributed by atoms with Crippen molar-refractivity contribution < 1.29 is 13.6 Å². The van der Waals surface area contributed by atoms with Crippen molar-refractivity contribution >= 4 is 16.8 Å². The van der Waals surface area contributed by atoms with Gasteiger partial charge in [-0.15, -0.1) is 10.2 Å². The Labute approximate surface area is 172 Å². The number of halogens is 1. The molecule has 4 aromatic rings. The van der Waals surface area contributed by atoms with Crippen LogP contribution in [-0.2, 0) is 11.3 Å². The van der Waals surface area contributed by atoms with Gasteiger partial charge >= 0.3 is 0 Å². The Kier molecular flexibility index (Phi) is 4.78. The van der Waals surface area contributed by atoms with Gasteiger partial charge in [0.2, 0.25) is 17.7 Å². The van der Waals surface area contributed by atoms with E-state index in [-0.39, 0.29) is 17.6 Å². The third-order valence-corrected chi connectivity index (χ3v) is 5.71. The van der Waals surface area contributed by atoms with Gasteiger partial charge < -0.3 is 13.9 Å². The van der Waals surface area contributed by atoms with E-state index in [1.165, 1.54) is 12.1 Å². The smallest absolute Gasteiger partial charge is 0.247 e. The molecule has 1 saturated heterocycles. The Balaban J connectivity index is 1.21. The van der Waals surface area contributed by atoms with E-state index in [4.69, 9.17) is 4.42 Å². The van der Waals surface area contributed by atoms with Crippen LogP contribution in [0.1, 0.15) is 24.7 Å². The molecule has 0 atom stereocenters. The summed E-state index contributed by atoms with van der Waals surface area (Å²) in [7, 11) is 0. The van der Waals surface area contributed by atoms with Crippen LogP contribution in [0.25, 0.3) is 22.4 Å². The van der Waals surface area contributed by atoms with Crippen LogP contribution in [0.5, 0.6) is 0 Å². The summed E-state index contributed by atoms with van der Waals surface area (Å²) in [5.41, 5.74) is 1.77. The highest BCUT2D eigenvalue weighted by molar-refractivity contribution is 5.83. The molecule has 1 fully saturated rings. The minimum absolute atomic E-state index is 0.118. The summed E-state index contributed by atoms with van der Waals surface area (Å²) in [6.07, 6.45) is 3.52. The minimum Gasteiger partial charge on any atom is -0.420 e. The molecular weight excluding hydrogens is 383 g/mol. The van der Waals surface area contributed by atoms with Gasteiger partial charge in [0.1, 0.15) is 12.4 Å². The quantitative estimate of drug-likeness (QED) is 0.510. The van der Waals surface area contributed by atoms with E-state index in [1.54, 1.807) is 12.1 Å². The fourth-order valence-electron chi connectivity index (χ4n) is 4.01. The van der Waals surface area contributed by atoms with E-state index in [0.29, 0.717) is 37.0 Å². The predicted octanol–water partition coefficient (Wildman–Crippen LogP) is 4.24. The van der Waals surface area contributed by atoms with Gasteiger partial charge in [0.15, 0.2) is 0 Å². The van der Waals surface area contributed by atoms with Crippen molar-refractivity contribution in [3.63, 3.8) is 0 Å². The lowest BCUT2D eigenvalue weighted by atomic mass is 9.97. The molecule has 0 spiro atoms. The van der Waals surface area contributed by atoms with Crippen LogP contribution in [0.2, 0.25) is 0 Å². The molecule has 0 N–H and O–H groups in total. The lowest BCUT2D eigenvalue weighted by Crippen LogP contribution is -2.39. The van der Waals surface area contributed by atoms with Gasteiger partial charge in [-0.05, 0) is 54.6 Å². The lowest BCUT2D eigenvalue weighted by molar-refractivity contribution is -0.132. The maximum atomic E-state index is 13.1. The standard InChI is InChI=1S/C23H21FN4O2/c24-19-7-5-17(6-8-19)22-25-26-23(30-22)18-10-12-27(13-11-18)21(29)15-28-14-9-16-3-1-2-4-20(16)28/h1-9,14,18H,10-13,15H2. The van der Waals surface area contributed by atoms with Crippen molar-refractivity contribution in [2.45, 2.75) is 25.3 Å². The molecule has 5 rings (SSSR count). The fourth-order valence-corrected chi connectivity index (χ4v) is 4.01. The zero-order chi connectivity index (χ0) is 20.5. The molecule has 6 nitrogen and oxygen atoms in total. The van der Waals surface area contributed by atoms with Gasteiger partial charge in [-0.25, -0.2) is 4.39 Å². The molecule has 0 unspecified atom stereocenters. The summed E-state index contributed by atoms with van der Waals surface area (Å²) in [6, 6.07) is 16.1. The first-order valence-electron chi connectivity index (χ1n) is 10.1. The average molecular weight is 404 g/mol. The summed E-state index contributed by atoms with van der Waals surface area (Å²) in [5, 5.41) is 9.42. The van der Waals surface area contributed by atoms with Crippen LogP contribution in [0.15, 0.2) is 65.2 Å². The number of rotatable bonds is 4. The molecule has 1 aliphatic heterocycles.